The molecular formula is C21H26N6O2S. The average molecular weight is 427 g/mol. The monoisotopic (exact) mass is 426 g/mol. The van der Waals surface area contributed by atoms with Crippen LogP contribution in [0.3, 0.4) is 0 Å². The maximum Gasteiger partial charge on any atom is 0.234 e. The number of nitrogens with zero attached hydrogens (tertiary/aromatic N) is 5. The largest absolute Gasteiger partial charge is 0.495 e. The average Bonchev–Trinajstić information content (AvgIpc) is 3.16. The van der Waals surface area contributed by atoms with Gasteiger partial charge >= 0.3 is 0 Å². The first-order valence-corrected chi connectivity index (χ1v) is 10.6. The number of pyridine rings is 1. The minimum Gasteiger partial charge on any atom is -0.495 e. The number of methoxy groups -OCH3 is 1. The summed E-state index contributed by atoms with van der Waals surface area (Å²) in [5.74, 6) is 1.50. The fourth-order valence-corrected chi connectivity index (χ4v) is 3.69. The van der Waals surface area contributed by atoms with Crippen LogP contribution in [0.4, 0.5) is 5.69 Å². The van der Waals surface area contributed by atoms with E-state index in [1.54, 1.807) is 19.5 Å². The summed E-state index contributed by atoms with van der Waals surface area (Å²) < 4.78 is 7.36. The van der Waals surface area contributed by atoms with Crippen molar-refractivity contribution in [3.8, 4) is 17.1 Å². The molecule has 30 heavy (non-hydrogen) atoms. The minimum atomic E-state index is -0.127. The van der Waals surface area contributed by atoms with Crippen molar-refractivity contribution in [3.63, 3.8) is 0 Å². The lowest BCUT2D eigenvalue weighted by atomic mass is 10.2. The van der Waals surface area contributed by atoms with Gasteiger partial charge in [-0.1, -0.05) is 23.9 Å². The van der Waals surface area contributed by atoms with Gasteiger partial charge in [-0.2, -0.15) is 0 Å². The van der Waals surface area contributed by atoms with Crippen molar-refractivity contribution < 1.29 is 9.53 Å². The van der Waals surface area contributed by atoms with Gasteiger partial charge in [-0.3, -0.25) is 9.78 Å². The molecule has 3 aromatic rings. The highest BCUT2D eigenvalue weighted by Gasteiger charge is 2.16. The molecule has 8 nitrogen and oxygen atoms in total. The van der Waals surface area contributed by atoms with E-state index < -0.39 is 0 Å². The van der Waals surface area contributed by atoms with E-state index in [0.717, 1.165) is 36.1 Å². The number of ether oxygens (including phenoxy) is 1. The quantitative estimate of drug-likeness (QED) is 0.499. The molecule has 2 aromatic heterocycles. The Morgan fingerprint density at radius 2 is 1.93 bits per heavy atom. The van der Waals surface area contributed by atoms with Crippen LogP contribution in [0.15, 0.2) is 53.9 Å². The Kier molecular flexibility index (Phi) is 7.81. The number of carbonyl (C=O) groups is 1. The van der Waals surface area contributed by atoms with Crippen LogP contribution < -0.4 is 10.1 Å². The Balaban J connectivity index is 1.71. The summed E-state index contributed by atoms with van der Waals surface area (Å²) in [6.07, 6.45) is 4.42. The first-order chi connectivity index (χ1) is 14.6. The second kappa shape index (κ2) is 10.7. The molecule has 9 heteroatoms. The SMILES string of the molecule is COc1ccccc1NC(=O)CSc1nnc(-c2ccncc2)n1CCCN(C)C. The van der Waals surface area contributed by atoms with Crippen molar-refractivity contribution in [2.24, 2.45) is 0 Å². The third-order valence-electron chi connectivity index (χ3n) is 4.36. The van der Waals surface area contributed by atoms with Gasteiger partial charge in [0.15, 0.2) is 11.0 Å². The summed E-state index contributed by atoms with van der Waals surface area (Å²) in [6.45, 7) is 1.71. The molecule has 3 rings (SSSR count). The molecule has 0 unspecified atom stereocenters. The van der Waals surface area contributed by atoms with Crippen LogP contribution in [0.1, 0.15) is 6.42 Å². The third-order valence-corrected chi connectivity index (χ3v) is 5.32. The fourth-order valence-electron chi connectivity index (χ4n) is 2.92. The predicted octanol–water partition coefficient (Wildman–Crippen LogP) is 3.03. The lowest BCUT2D eigenvalue weighted by Crippen LogP contribution is -2.17. The molecule has 0 aliphatic carbocycles. The van der Waals surface area contributed by atoms with Gasteiger partial charge in [0.1, 0.15) is 5.75 Å². The van der Waals surface area contributed by atoms with Gasteiger partial charge in [-0.15, -0.1) is 10.2 Å². The predicted molar refractivity (Wildman–Crippen MR) is 119 cm³/mol. The lowest BCUT2D eigenvalue weighted by molar-refractivity contribution is -0.113. The highest BCUT2D eigenvalue weighted by Crippen LogP contribution is 2.26. The zero-order valence-corrected chi connectivity index (χ0v) is 18.2. The molecule has 0 radical (unpaired) electrons. The van der Waals surface area contributed by atoms with Crippen LogP contribution in [0.2, 0.25) is 0 Å². The number of nitrogens with one attached hydrogen (secondary N) is 1. The maximum atomic E-state index is 12.5. The molecule has 158 valence electrons. The zero-order valence-electron chi connectivity index (χ0n) is 17.4. The van der Waals surface area contributed by atoms with Crippen molar-refractivity contribution in [1.29, 1.82) is 0 Å². The number of aromatic nitrogens is 4. The summed E-state index contributed by atoms with van der Waals surface area (Å²) >= 11 is 1.37. The minimum absolute atomic E-state index is 0.127. The maximum absolute atomic E-state index is 12.5. The normalized spacial score (nSPS) is 10.9. The van der Waals surface area contributed by atoms with Gasteiger partial charge in [0.25, 0.3) is 0 Å². The van der Waals surface area contributed by atoms with Gasteiger partial charge in [0.05, 0.1) is 18.6 Å². The first-order valence-electron chi connectivity index (χ1n) is 9.62. The van der Waals surface area contributed by atoms with Crippen molar-refractivity contribution in [3.05, 3.63) is 48.8 Å². The summed E-state index contributed by atoms with van der Waals surface area (Å²) in [5.41, 5.74) is 1.60. The van der Waals surface area contributed by atoms with Crippen molar-refractivity contribution >= 4 is 23.4 Å². The Morgan fingerprint density at radius 3 is 2.67 bits per heavy atom. The summed E-state index contributed by atoms with van der Waals surface area (Å²) in [7, 11) is 5.68. The van der Waals surface area contributed by atoms with Crippen LogP contribution in [0.25, 0.3) is 11.4 Å². The van der Waals surface area contributed by atoms with Gasteiger partial charge in [-0.05, 0) is 51.3 Å². The highest BCUT2D eigenvalue weighted by atomic mass is 32.2. The third kappa shape index (κ3) is 5.80. The summed E-state index contributed by atoms with van der Waals surface area (Å²) in [5, 5.41) is 12.3. The molecule has 0 atom stereocenters. The van der Waals surface area contributed by atoms with E-state index in [1.165, 1.54) is 11.8 Å². The zero-order chi connectivity index (χ0) is 21.3. The molecule has 0 saturated carbocycles. The van der Waals surface area contributed by atoms with E-state index in [4.69, 9.17) is 4.74 Å². The number of amides is 1. The van der Waals surface area contributed by atoms with Crippen LogP contribution in [-0.4, -0.2) is 64.1 Å². The number of thioether (sulfide) groups is 1. The highest BCUT2D eigenvalue weighted by molar-refractivity contribution is 7.99. The van der Waals surface area contributed by atoms with E-state index in [1.807, 2.05) is 50.5 Å². The fraction of sp³-hybridized carbons (Fsp3) is 0.333. The van der Waals surface area contributed by atoms with Gasteiger partial charge in [0.2, 0.25) is 5.91 Å². The van der Waals surface area contributed by atoms with E-state index in [2.05, 4.69) is 30.0 Å². The van der Waals surface area contributed by atoms with Crippen molar-refractivity contribution in [2.45, 2.75) is 18.1 Å². The molecule has 0 spiro atoms. The van der Waals surface area contributed by atoms with Gasteiger partial charge < -0.3 is 19.5 Å². The second-order valence-electron chi connectivity index (χ2n) is 6.89. The van der Waals surface area contributed by atoms with Gasteiger partial charge in [0, 0.05) is 24.5 Å². The van der Waals surface area contributed by atoms with Crippen LogP contribution in [-0.2, 0) is 11.3 Å². The number of hydrogen-bond donors (Lipinski definition) is 1. The number of para-hydroxylation sites is 2. The molecule has 0 saturated heterocycles. The Labute approximate surface area is 180 Å². The van der Waals surface area contributed by atoms with Crippen LogP contribution in [0.5, 0.6) is 5.75 Å². The lowest BCUT2D eigenvalue weighted by Gasteiger charge is -2.13. The van der Waals surface area contributed by atoms with E-state index in [9.17, 15) is 4.79 Å². The first kappa shape index (κ1) is 21.8. The molecule has 0 aliphatic rings. The van der Waals surface area contributed by atoms with E-state index >= 15 is 0 Å². The van der Waals surface area contributed by atoms with Crippen LogP contribution >= 0.6 is 11.8 Å². The Bertz CT molecular complexity index is 961. The number of benzene rings is 1. The van der Waals surface area contributed by atoms with E-state index in [-0.39, 0.29) is 11.7 Å². The molecule has 0 bridgehead atoms. The van der Waals surface area contributed by atoms with E-state index in [0.29, 0.717) is 11.4 Å². The number of hydrogen-bond acceptors (Lipinski definition) is 7. The molecule has 1 N–H and O–H groups in total. The second-order valence-corrected chi connectivity index (χ2v) is 7.83. The topological polar surface area (TPSA) is 85.2 Å². The number of anilines is 1. The van der Waals surface area contributed by atoms with Crippen molar-refractivity contribution in [1.82, 2.24) is 24.6 Å². The molecule has 2 heterocycles. The summed E-state index contributed by atoms with van der Waals surface area (Å²) in [4.78, 5) is 18.7. The van der Waals surface area contributed by atoms with Crippen molar-refractivity contribution in [2.75, 3.05) is 38.8 Å². The van der Waals surface area contributed by atoms with Crippen LogP contribution in [0, 0.1) is 0 Å². The number of rotatable bonds is 10. The molecule has 1 amide bonds. The van der Waals surface area contributed by atoms with Gasteiger partial charge in [-0.25, -0.2) is 0 Å². The Hall–Kier alpha value is -2.91. The Morgan fingerprint density at radius 1 is 1.17 bits per heavy atom. The molecular weight excluding hydrogens is 400 g/mol. The standard InChI is InChI=1S/C21H26N6O2S/c1-26(2)13-6-14-27-20(16-9-11-22-12-10-16)24-25-21(27)30-15-19(28)23-17-7-4-5-8-18(17)29-3/h4-5,7-12H,6,13-15H2,1-3H3,(H,23,28). The molecule has 1 aromatic carbocycles. The summed E-state index contributed by atoms with van der Waals surface area (Å²) in [6, 6.07) is 11.2. The molecule has 0 aliphatic heterocycles. The number of carbonyl (C=O) groups excluding carboxylic acids is 1. The smallest absolute Gasteiger partial charge is 0.234 e. The molecule has 0 fully saturated rings.